The number of oxime groups is 1. The van der Waals surface area contributed by atoms with E-state index in [-0.39, 0.29) is 17.3 Å². The van der Waals surface area contributed by atoms with Crippen molar-refractivity contribution >= 4 is 11.5 Å². The third kappa shape index (κ3) is 3.47. The van der Waals surface area contributed by atoms with E-state index in [2.05, 4.69) is 5.16 Å². The Morgan fingerprint density at radius 3 is 2.79 bits per heavy atom. The van der Waals surface area contributed by atoms with Crippen molar-refractivity contribution in [3.8, 4) is 11.5 Å². The molecule has 19 heavy (non-hydrogen) atoms. The molecule has 0 aromatic heterocycles. The Morgan fingerprint density at radius 2 is 2.32 bits per heavy atom. The van der Waals surface area contributed by atoms with Crippen molar-refractivity contribution in [1.82, 2.24) is 0 Å². The van der Waals surface area contributed by atoms with Gasteiger partial charge in [0.15, 0.2) is 11.9 Å². The number of nitrogens with zero attached hydrogens (tertiary/aromatic N) is 2. The van der Waals surface area contributed by atoms with Gasteiger partial charge >= 0.3 is 5.69 Å². The maximum absolute atomic E-state index is 10.9. The van der Waals surface area contributed by atoms with Crippen molar-refractivity contribution in [3.63, 3.8) is 0 Å². The Kier molecular flexibility index (Phi) is 4.92. The zero-order valence-electron chi connectivity index (χ0n) is 10.6. The summed E-state index contributed by atoms with van der Waals surface area (Å²) >= 11 is 0. The largest absolute Gasteiger partial charge is 0.497 e. The third-order valence-corrected chi connectivity index (χ3v) is 2.45. The van der Waals surface area contributed by atoms with Crippen molar-refractivity contribution in [2.45, 2.75) is 19.4 Å². The Bertz CT molecular complexity index is 489. The van der Waals surface area contributed by atoms with Gasteiger partial charge in [0.25, 0.3) is 0 Å². The maximum atomic E-state index is 10.9. The molecular weight excluding hydrogens is 254 g/mol. The number of benzene rings is 1. The van der Waals surface area contributed by atoms with E-state index in [1.807, 2.05) is 0 Å². The second-order valence-electron chi connectivity index (χ2n) is 3.63. The molecule has 0 bridgehead atoms. The van der Waals surface area contributed by atoms with Crippen LogP contribution in [0.5, 0.6) is 11.5 Å². The van der Waals surface area contributed by atoms with Gasteiger partial charge in [-0.15, -0.1) is 0 Å². The summed E-state index contributed by atoms with van der Waals surface area (Å²) in [4.78, 5) is 10.3. The molecule has 0 heterocycles. The number of methoxy groups -OCH3 is 1. The van der Waals surface area contributed by atoms with Crippen LogP contribution in [0.2, 0.25) is 0 Å². The van der Waals surface area contributed by atoms with Crippen LogP contribution in [0.3, 0.4) is 0 Å². The number of nitrogens with two attached hydrogens (primary N) is 1. The highest BCUT2D eigenvalue weighted by Crippen LogP contribution is 2.32. The van der Waals surface area contributed by atoms with E-state index < -0.39 is 11.0 Å². The number of nitro benzene ring substituents is 1. The van der Waals surface area contributed by atoms with Crippen LogP contribution in [0.15, 0.2) is 23.4 Å². The lowest BCUT2D eigenvalue weighted by atomic mass is 10.2. The average Bonchev–Trinajstić information content (AvgIpc) is 2.43. The SMILES string of the molecule is CCC(Oc1cc(OC)ccc1[N+](=O)[O-])/C(N)=N/O. The standard InChI is InChI=1S/C11H15N3O5/c1-3-9(11(12)13-15)19-10-6-7(18-2)4-5-8(10)14(16)17/h4-6,9,15H,3H2,1-2H3,(H2,12,13). The van der Waals surface area contributed by atoms with Crippen LogP contribution in [0.1, 0.15) is 13.3 Å². The first-order valence-corrected chi connectivity index (χ1v) is 5.50. The van der Waals surface area contributed by atoms with E-state index in [0.29, 0.717) is 12.2 Å². The summed E-state index contributed by atoms with van der Waals surface area (Å²) < 4.78 is 10.4. The number of nitro groups is 1. The lowest BCUT2D eigenvalue weighted by molar-refractivity contribution is -0.386. The summed E-state index contributed by atoms with van der Waals surface area (Å²) in [5.41, 5.74) is 5.23. The van der Waals surface area contributed by atoms with Gasteiger partial charge < -0.3 is 20.4 Å². The van der Waals surface area contributed by atoms with Crippen LogP contribution in [-0.2, 0) is 0 Å². The number of hydrogen-bond donors (Lipinski definition) is 2. The molecule has 0 aliphatic rings. The van der Waals surface area contributed by atoms with Crippen molar-refractivity contribution < 1.29 is 19.6 Å². The Balaban J connectivity index is 3.12. The van der Waals surface area contributed by atoms with Gasteiger partial charge in [-0.3, -0.25) is 10.1 Å². The molecule has 1 aromatic carbocycles. The molecule has 8 heteroatoms. The van der Waals surface area contributed by atoms with Crippen LogP contribution < -0.4 is 15.2 Å². The molecule has 0 aliphatic carbocycles. The van der Waals surface area contributed by atoms with E-state index in [9.17, 15) is 10.1 Å². The lowest BCUT2D eigenvalue weighted by Gasteiger charge is -2.16. The Labute approximate surface area is 109 Å². The molecule has 0 spiro atoms. The number of hydrogen-bond acceptors (Lipinski definition) is 6. The van der Waals surface area contributed by atoms with Crippen LogP contribution in [0, 0.1) is 10.1 Å². The molecule has 8 nitrogen and oxygen atoms in total. The number of rotatable bonds is 6. The fraction of sp³-hybridized carbons (Fsp3) is 0.364. The third-order valence-electron chi connectivity index (χ3n) is 2.45. The van der Waals surface area contributed by atoms with Gasteiger partial charge in [0.05, 0.1) is 12.0 Å². The first kappa shape index (κ1) is 14.6. The molecule has 0 saturated carbocycles. The minimum atomic E-state index is -0.754. The summed E-state index contributed by atoms with van der Waals surface area (Å²) in [6.45, 7) is 1.74. The zero-order chi connectivity index (χ0) is 14.4. The highest BCUT2D eigenvalue weighted by atomic mass is 16.6. The number of ether oxygens (including phenoxy) is 2. The average molecular weight is 269 g/mol. The minimum Gasteiger partial charge on any atom is -0.497 e. The van der Waals surface area contributed by atoms with E-state index in [1.165, 1.54) is 25.3 Å². The van der Waals surface area contributed by atoms with Gasteiger partial charge in [0.2, 0.25) is 5.75 Å². The lowest BCUT2D eigenvalue weighted by Crippen LogP contribution is -2.33. The van der Waals surface area contributed by atoms with Crippen molar-refractivity contribution in [3.05, 3.63) is 28.3 Å². The summed E-state index contributed by atoms with van der Waals surface area (Å²) in [5.74, 6) is 0.261. The van der Waals surface area contributed by atoms with Gasteiger partial charge in [-0.05, 0) is 12.5 Å². The second kappa shape index (κ2) is 6.43. The molecule has 0 radical (unpaired) electrons. The predicted molar refractivity (Wildman–Crippen MR) is 67.8 cm³/mol. The molecule has 1 atom stereocenters. The van der Waals surface area contributed by atoms with Crippen LogP contribution in [0.4, 0.5) is 5.69 Å². The Morgan fingerprint density at radius 1 is 1.63 bits per heavy atom. The van der Waals surface area contributed by atoms with E-state index >= 15 is 0 Å². The molecule has 0 saturated heterocycles. The number of amidine groups is 1. The highest BCUT2D eigenvalue weighted by Gasteiger charge is 2.21. The molecular formula is C11H15N3O5. The summed E-state index contributed by atoms with van der Waals surface area (Å²) in [6, 6.07) is 4.11. The van der Waals surface area contributed by atoms with Crippen LogP contribution in [0.25, 0.3) is 0 Å². The first-order chi connectivity index (χ1) is 9.03. The summed E-state index contributed by atoms with van der Waals surface area (Å²) in [5, 5.41) is 22.4. The van der Waals surface area contributed by atoms with Crippen molar-refractivity contribution in [2.75, 3.05) is 7.11 Å². The van der Waals surface area contributed by atoms with Crippen molar-refractivity contribution in [1.29, 1.82) is 0 Å². The molecule has 104 valence electrons. The molecule has 1 aromatic rings. The quantitative estimate of drug-likeness (QED) is 0.265. The molecule has 0 aliphatic heterocycles. The van der Waals surface area contributed by atoms with E-state index in [0.717, 1.165) is 0 Å². The van der Waals surface area contributed by atoms with Crippen LogP contribution in [-0.4, -0.2) is 29.2 Å². The predicted octanol–water partition coefficient (Wildman–Crippen LogP) is 1.51. The first-order valence-electron chi connectivity index (χ1n) is 5.50. The van der Waals surface area contributed by atoms with Crippen molar-refractivity contribution in [2.24, 2.45) is 10.9 Å². The fourth-order valence-corrected chi connectivity index (χ4v) is 1.44. The van der Waals surface area contributed by atoms with Gasteiger partial charge in [-0.25, -0.2) is 0 Å². The molecule has 1 unspecified atom stereocenters. The van der Waals surface area contributed by atoms with E-state index in [1.54, 1.807) is 6.92 Å². The second-order valence-corrected chi connectivity index (χ2v) is 3.63. The minimum absolute atomic E-state index is 0.00259. The molecule has 0 amide bonds. The molecule has 3 N–H and O–H groups in total. The van der Waals surface area contributed by atoms with Gasteiger partial charge in [0.1, 0.15) is 5.75 Å². The normalized spacial score (nSPS) is 12.8. The zero-order valence-corrected chi connectivity index (χ0v) is 10.6. The molecule has 0 fully saturated rings. The van der Waals surface area contributed by atoms with Crippen LogP contribution >= 0.6 is 0 Å². The summed E-state index contributed by atoms with van der Waals surface area (Å²) in [7, 11) is 1.44. The van der Waals surface area contributed by atoms with Gasteiger partial charge in [-0.2, -0.15) is 0 Å². The topological polar surface area (TPSA) is 120 Å². The smallest absolute Gasteiger partial charge is 0.311 e. The van der Waals surface area contributed by atoms with E-state index in [4.69, 9.17) is 20.4 Å². The summed E-state index contributed by atoms with van der Waals surface area (Å²) in [6.07, 6.45) is -0.361. The maximum Gasteiger partial charge on any atom is 0.311 e. The van der Waals surface area contributed by atoms with Gasteiger partial charge in [0, 0.05) is 12.1 Å². The fourth-order valence-electron chi connectivity index (χ4n) is 1.44. The highest BCUT2D eigenvalue weighted by molar-refractivity contribution is 5.84. The monoisotopic (exact) mass is 269 g/mol. The Hall–Kier alpha value is -2.51. The van der Waals surface area contributed by atoms with Gasteiger partial charge in [-0.1, -0.05) is 12.1 Å². The molecule has 1 rings (SSSR count).